The number of fused-ring (bicyclic) bond motifs is 2. The minimum Gasteiger partial charge on any atom is -0.497 e. The van der Waals surface area contributed by atoms with E-state index in [1.165, 1.54) is 16.7 Å². The molecule has 1 aromatic carbocycles. The molecule has 1 saturated heterocycles. The Morgan fingerprint density at radius 2 is 1.95 bits per heavy atom. The zero-order chi connectivity index (χ0) is 40.9. The summed E-state index contributed by atoms with van der Waals surface area (Å²) in [7, 11) is 1.56. The van der Waals surface area contributed by atoms with E-state index in [0.717, 1.165) is 29.0 Å². The molecule has 1 fully saturated rings. The Morgan fingerprint density at radius 3 is 2.65 bits per heavy atom. The highest BCUT2D eigenvalue weighted by Gasteiger charge is 2.55. The first-order valence-corrected chi connectivity index (χ1v) is 20.0. The van der Waals surface area contributed by atoms with Gasteiger partial charge in [-0.25, -0.2) is 14.2 Å². The molecule has 18 nitrogen and oxygen atoms in total. The van der Waals surface area contributed by atoms with Crippen LogP contribution in [0.4, 0.5) is 9.93 Å². The SMILES string of the molecule is CCO/N=C(\C(=O)NC1C(=O)N2C(C(=O)OCc3ccc(OC)cc3)=C(C[n+]3cccc4c3ncn4CC[C@H](C)N)CSC12)c1nsc(NC(=O)OC(C)(C)C)n1. The van der Waals surface area contributed by atoms with Gasteiger partial charge in [0, 0.05) is 35.4 Å². The minimum absolute atomic E-state index is 0.0262. The number of anilines is 1. The number of imidazole rings is 1. The summed E-state index contributed by atoms with van der Waals surface area (Å²) in [5.41, 5.74) is 8.03. The van der Waals surface area contributed by atoms with Gasteiger partial charge in [0.05, 0.1) is 13.3 Å². The number of pyridine rings is 1. The Labute approximate surface area is 336 Å². The number of amides is 3. The highest BCUT2D eigenvalue weighted by molar-refractivity contribution is 8.00. The number of methoxy groups -OCH3 is 1. The Balaban J connectivity index is 1.24. The molecular weight excluding hydrogens is 777 g/mol. The van der Waals surface area contributed by atoms with Crippen LogP contribution in [0.5, 0.6) is 5.75 Å². The van der Waals surface area contributed by atoms with Gasteiger partial charge < -0.3 is 34.7 Å². The molecule has 2 aliphatic rings. The molecule has 4 aromatic rings. The summed E-state index contributed by atoms with van der Waals surface area (Å²) in [5.74, 6) is -1.13. The quantitative estimate of drug-likeness (QED) is 0.0517. The highest BCUT2D eigenvalue weighted by Crippen LogP contribution is 2.41. The second-order valence-electron chi connectivity index (χ2n) is 14.2. The number of aromatic nitrogens is 5. The van der Waals surface area contributed by atoms with E-state index in [4.69, 9.17) is 24.8 Å². The molecule has 3 atom stereocenters. The van der Waals surface area contributed by atoms with Crippen molar-refractivity contribution >= 4 is 69.2 Å². The van der Waals surface area contributed by atoms with E-state index in [2.05, 4.69) is 30.1 Å². The summed E-state index contributed by atoms with van der Waals surface area (Å²) in [5, 5.41) is 8.55. The van der Waals surface area contributed by atoms with Crippen molar-refractivity contribution in [1.82, 2.24) is 29.1 Å². The maximum absolute atomic E-state index is 14.0. The molecular formula is C37H45N10O8S2+. The number of hydrogen-bond donors (Lipinski definition) is 3. The second kappa shape index (κ2) is 17.7. The molecule has 0 saturated carbocycles. The van der Waals surface area contributed by atoms with Crippen LogP contribution in [0.3, 0.4) is 0 Å². The molecule has 0 spiro atoms. The fraction of sp³-hybridized carbons (Fsp3) is 0.432. The first-order chi connectivity index (χ1) is 27.3. The van der Waals surface area contributed by atoms with Gasteiger partial charge in [-0.1, -0.05) is 17.3 Å². The van der Waals surface area contributed by atoms with Gasteiger partial charge >= 0.3 is 17.7 Å². The Hall–Kier alpha value is -5.60. The van der Waals surface area contributed by atoms with E-state index in [9.17, 15) is 19.2 Å². The van der Waals surface area contributed by atoms with Crippen molar-refractivity contribution in [2.45, 2.75) is 83.8 Å². The molecule has 2 unspecified atom stereocenters. The van der Waals surface area contributed by atoms with Gasteiger partial charge in [0.1, 0.15) is 53.7 Å². The Morgan fingerprint density at radius 1 is 1.18 bits per heavy atom. The number of aryl methyl sites for hydroxylation is 1. The number of oxime groups is 1. The number of nitrogens with two attached hydrogens (primary N) is 1. The van der Waals surface area contributed by atoms with Gasteiger partial charge in [0.2, 0.25) is 23.0 Å². The number of carbonyl (C=O) groups excluding carboxylic acids is 4. The molecule has 302 valence electrons. The first-order valence-electron chi connectivity index (χ1n) is 18.2. The first kappa shape index (κ1) is 41.0. The summed E-state index contributed by atoms with van der Waals surface area (Å²) in [6.07, 6.45) is 3.66. The smallest absolute Gasteiger partial charge is 0.414 e. The standard InChI is InChI=1S/C37H44N10O8S2/c1-7-54-43-26(29-41-35(57-44-29)42-36(51)55-37(3,4)5)31(48)40-27-32(49)47-28(34(50)53-18-22-10-12-24(52-6)13-11-22)23(19-56-33(27)47)17-45-15-8-9-25-30(45)39-20-46(25)16-14-21(2)38/h8-13,15,20-21,27,33H,7,14,16-19,38H2,1-6H3,(H-,40,41,42,44,48,51)/p+1/b43-26-/t21-,27?,33?/m0/s1. The molecule has 6 rings (SSSR count). The lowest BCUT2D eigenvalue weighted by atomic mass is 10.0. The summed E-state index contributed by atoms with van der Waals surface area (Å²) >= 11 is 2.20. The van der Waals surface area contributed by atoms with E-state index in [-0.39, 0.29) is 48.2 Å². The lowest BCUT2D eigenvalue weighted by Crippen LogP contribution is -2.71. The molecule has 20 heteroatoms. The summed E-state index contributed by atoms with van der Waals surface area (Å²) in [4.78, 5) is 69.5. The third-order valence-corrected chi connectivity index (χ3v) is 10.6. The van der Waals surface area contributed by atoms with Gasteiger partial charge in [-0.15, -0.1) is 11.8 Å². The van der Waals surface area contributed by atoms with Crippen molar-refractivity contribution < 1.29 is 42.8 Å². The average Bonchev–Trinajstić information content (AvgIpc) is 3.82. The predicted molar refractivity (Wildman–Crippen MR) is 211 cm³/mol. The minimum atomic E-state index is -1.03. The number of esters is 1. The fourth-order valence-electron chi connectivity index (χ4n) is 5.95. The number of hydrogen-bond acceptors (Lipinski definition) is 15. The molecule has 3 aromatic heterocycles. The highest BCUT2D eigenvalue weighted by atomic mass is 32.2. The van der Waals surface area contributed by atoms with Gasteiger partial charge in [0.25, 0.3) is 11.8 Å². The molecule has 5 heterocycles. The van der Waals surface area contributed by atoms with Crippen LogP contribution >= 0.6 is 23.3 Å². The number of nitrogens with zero attached hydrogens (tertiary/aromatic N) is 7. The van der Waals surface area contributed by atoms with E-state index >= 15 is 0 Å². The molecule has 57 heavy (non-hydrogen) atoms. The van der Waals surface area contributed by atoms with Crippen molar-refractivity contribution in [1.29, 1.82) is 0 Å². The maximum Gasteiger partial charge on any atom is 0.414 e. The zero-order valence-corrected chi connectivity index (χ0v) is 34.0. The number of rotatable bonds is 15. The van der Waals surface area contributed by atoms with Crippen LogP contribution in [0.2, 0.25) is 0 Å². The van der Waals surface area contributed by atoms with Crippen molar-refractivity contribution in [3.05, 3.63) is 71.6 Å². The van der Waals surface area contributed by atoms with Crippen LogP contribution in [-0.4, -0.2) is 95.9 Å². The molecule has 3 amide bonds. The largest absolute Gasteiger partial charge is 0.497 e. The van der Waals surface area contributed by atoms with E-state index in [0.29, 0.717) is 29.3 Å². The number of ether oxygens (including phenoxy) is 3. The van der Waals surface area contributed by atoms with Crippen LogP contribution in [-0.2, 0) is 48.4 Å². The Kier molecular flexibility index (Phi) is 12.7. The summed E-state index contributed by atoms with van der Waals surface area (Å²) in [6.45, 7) is 9.81. The third-order valence-electron chi connectivity index (χ3n) is 8.64. The monoisotopic (exact) mass is 821 g/mol. The molecule has 4 N–H and O–H groups in total. The molecule has 2 aliphatic heterocycles. The third kappa shape index (κ3) is 9.69. The van der Waals surface area contributed by atoms with Gasteiger partial charge in [0.15, 0.2) is 0 Å². The topological polar surface area (TPSA) is 218 Å². The van der Waals surface area contributed by atoms with Gasteiger partial charge in [-0.2, -0.15) is 9.36 Å². The predicted octanol–water partition coefficient (Wildman–Crippen LogP) is 3.11. The number of benzene rings is 1. The molecule has 0 radical (unpaired) electrons. The van der Waals surface area contributed by atoms with Crippen LogP contribution in [0.15, 0.2) is 65.3 Å². The van der Waals surface area contributed by atoms with Crippen LogP contribution in [0.25, 0.3) is 11.2 Å². The lowest BCUT2D eigenvalue weighted by molar-refractivity contribution is -0.664. The molecule has 0 bridgehead atoms. The van der Waals surface area contributed by atoms with Crippen molar-refractivity contribution in [3.63, 3.8) is 0 Å². The number of nitrogens with one attached hydrogen (secondary N) is 2. The van der Waals surface area contributed by atoms with Crippen LogP contribution in [0.1, 0.15) is 52.4 Å². The van der Waals surface area contributed by atoms with E-state index in [1.807, 2.05) is 34.4 Å². The van der Waals surface area contributed by atoms with Crippen molar-refractivity contribution in [2.75, 3.05) is 24.8 Å². The number of thioether (sulfide) groups is 1. The maximum atomic E-state index is 14.0. The number of β-lactam (4-membered cyclic amide) rings is 1. The second-order valence-corrected chi connectivity index (χ2v) is 16.1. The van der Waals surface area contributed by atoms with Crippen molar-refractivity contribution in [3.8, 4) is 5.75 Å². The van der Waals surface area contributed by atoms with Crippen LogP contribution in [0, 0.1) is 0 Å². The lowest BCUT2D eigenvalue weighted by Gasteiger charge is -2.49. The van der Waals surface area contributed by atoms with E-state index < -0.39 is 40.9 Å². The molecule has 0 aliphatic carbocycles. The Bertz CT molecular complexity index is 2200. The summed E-state index contributed by atoms with van der Waals surface area (Å²) in [6, 6.07) is 9.97. The normalized spacial score (nSPS) is 17.4. The van der Waals surface area contributed by atoms with Gasteiger partial charge in [-0.3, -0.25) is 19.8 Å². The van der Waals surface area contributed by atoms with Crippen LogP contribution < -0.4 is 25.7 Å². The summed E-state index contributed by atoms with van der Waals surface area (Å²) < 4.78 is 24.5. The zero-order valence-electron chi connectivity index (χ0n) is 32.4. The number of carbonyl (C=O) groups is 4. The fourth-order valence-corrected chi connectivity index (χ4v) is 7.84. The van der Waals surface area contributed by atoms with Gasteiger partial charge in [-0.05, 0) is 75.9 Å². The van der Waals surface area contributed by atoms with E-state index in [1.54, 1.807) is 65.4 Å². The van der Waals surface area contributed by atoms with Crippen molar-refractivity contribution in [2.24, 2.45) is 10.9 Å². The average molecular weight is 822 g/mol.